The van der Waals surface area contributed by atoms with Crippen LogP contribution >= 0.6 is 11.6 Å². The van der Waals surface area contributed by atoms with Crippen LogP contribution in [0.5, 0.6) is 5.75 Å². The molecule has 0 aliphatic rings. The van der Waals surface area contributed by atoms with Gasteiger partial charge in [0.05, 0.1) is 9.95 Å². The summed E-state index contributed by atoms with van der Waals surface area (Å²) in [6.07, 6.45) is 0. The third kappa shape index (κ3) is 2.26. The molecule has 4 nitrogen and oxygen atoms in total. The van der Waals surface area contributed by atoms with Crippen molar-refractivity contribution in [3.8, 4) is 16.9 Å². The molecular weight excluding hydrogens is 261 g/mol. The molecule has 2 rings (SSSR count). The molecule has 0 atom stereocenters. The number of nitro benzene ring substituents is 1. The van der Waals surface area contributed by atoms with Crippen LogP contribution in [0.4, 0.5) is 10.1 Å². The van der Waals surface area contributed by atoms with Gasteiger partial charge in [0.15, 0.2) is 5.75 Å². The number of hydrogen-bond acceptors (Lipinski definition) is 3. The van der Waals surface area contributed by atoms with Crippen molar-refractivity contribution in [3.63, 3.8) is 0 Å². The van der Waals surface area contributed by atoms with Gasteiger partial charge in [-0.1, -0.05) is 23.7 Å². The van der Waals surface area contributed by atoms with Crippen LogP contribution in [0.1, 0.15) is 0 Å². The highest BCUT2D eigenvalue weighted by atomic mass is 35.5. The second-order valence-corrected chi connectivity index (χ2v) is 4.00. The fourth-order valence-corrected chi connectivity index (χ4v) is 1.71. The minimum Gasteiger partial charge on any atom is -0.502 e. The first-order valence-electron chi connectivity index (χ1n) is 4.92. The van der Waals surface area contributed by atoms with Crippen molar-refractivity contribution >= 4 is 17.3 Å². The van der Waals surface area contributed by atoms with Crippen LogP contribution in [0.3, 0.4) is 0 Å². The molecule has 0 aliphatic carbocycles. The molecule has 0 aromatic heterocycles. The van der Waals surface area contributed by atoms with Gasteiger partial charge < -0.3 is 5.11 Å². The highest BCUT2D eigenvalue weighted by Gasteiger charge is 2.14. The summed E-state index contributed by atoms with van der Waals surface area (Å²) < 4.78 is 13.0. The van der Waals surface area contributed by atoms with E-state index in [0.717, 1.165) is 0 Å². The third-order valence-electron chi connectivity index (χ3n) is 2.43. The van der Waals surface area contributed by atoms with Crippen LogP contribution in [-0.2, 0) is 0 Å². The van der Waals surface area contributed by atoms with Gasteiger partial charge in [-0.15, -0.1) is 0 Å². The Morgan fingerprint density at radius 3 is 2.39 bits per heavy atom. The van der Waals surface area contributed by atoms with Crippen molar-refractivity contribution in [3.05, 3.63) is 57.4 Å². The molecule has 0 radical (unpaired) electrons. The van der Waals surface area contributed by atoms with Crippen molar-refractivity contribution in [2.45, 2.75) is 0 Å². The maximum atomic E-state index is 13.0. The van der Waals surface area contributed by atoms with Gasteiger partial charge in [0.1, 0.15) is 5.82 Å². The first-order chi connectivity index (χ1) is 8.49. The molecule has 0 spiro atoms. The fourth-order valence-electron chi connectivity index (χ4n) is 1.52. The predicted octanol–water partition coefficient (Wildman–Crippen LogP) is 3.76. The SMILES string of the molecule is O=[N+]([O-])c1cc(-c2ccc(F)c(Cl)c2)ccc1O. The normalized spacial score (nSPS) is 10.3. The Bertz CT molecular complexity index is 631. The lowest BCUT2D eigenvalue weighted by molar-refractivity contribution is -0.385. The van der Waals surface area contributed by atoms with E-state index in [1.54, 1.807) is 0 Å². The average molecular weight is 268 g/mol. The Morgan fingerprint density at radius 2 is 1.78 bits per heavy atom. The zero-order valence-corrected chi connectivity index (χ0v) is 9.69. The summed E-state index contributed by atoms with van der Waals surface area (Å²) in [5, 5.41) is 19.9. The molecule has 18 heavy (non-hydrogen) atoms. The van der Waals surface area contributed by atoms with Crippen molar-refractivity contribution in [1.29, 1.82) is 0 Å². The van der Waals surface area contributed by atoms with E-state index < -0.39 is 22.2 Å². The van der Waals surface area contributed by atoms with Crippen molar-refractivity contribution < 1.29 is 14.4 Å². The zero-order valence-electron chi connectivity index (χ0n) is 8.93. The molecule has 0 unspecified atom stereocenters. The lowest BCUT2D eigenvalue weighted by Gasteiger charge is -2.04. The summed E-state index contributed by atoms with van der Waals surface area (Å²) in [6, 6.07) is 7.91. The number of nitro groups is 1. The second-order valence-electron chi connectivity index (χ2n) is 3.59. The number of phenolic OH excluding ortho intramolecular Hbond substituents is 1. The number of nitrogens with zero attached hydrogens (tertiary/aromatic N) is 1. The summed E-state index contributed by atoms with van der Waals surface area (Å²) >= 11 is 5.64. The minimum absolute atomic E-state index is 0.0665. The summed E-state index contributed by atoms with van der Waals surface area (Å²) in [4.78, 5) is 10.00. The fraction of sp³-hybridized carbons (Fsp3) is 0. The van der Waals surface area contributed by atoms with Crippen molar-refractivity contribution in [2.24, 2.45) is 0 Å². The van der Waals surface area contributed by atoms with E-state index in [0.29, 0.717) is 11.1 Å². The van der Waals surface area contributed by atoms with E-state index in [-0.39, 0.29) is 5.02 Å². The quantitative estimate of drug-likeness (QED) is 0.665. The highest BCUT2D eigenvalue weighted by Crippen LogP contribution is 2.32. The van der Waals surface area contributed by atoms with Crippen LogP contribution < -0.4 is 0 Å². The van der Waals surface area contributed by atoms with Gasteiger partial charge in [0.25, 0.3) is 0 Å². The summed E-state index contributed by atoms with van der Waals surface area (Å²) in [5.41, 5.74) is 0.596. The minimum atomic E-state index is -0.691. The molecular formula is C12H7ClFNO3. The van der Waals surface area contributed by atoms with Gasteiger partial charge in [-0.05, 0) is 29.3 Å². The monoisotopic (exact) mass is 267 g/mol. The molecule has 2 aromatic carbocycles. The van der Waals surface area contributed by atoms with Crippen LogP contribution in [0, 0.1) is 15.9 Å². The smallest absolute Gasteiger partial charge is 0.311 e. The highest BCUT2D eigenvalue weighted by molar-refractivity contribution is 6.31. The number of benzene rings is 2. The average Bonchev–Trinajstić information content (AvgIpc) is 2.33. The molecule has 0 saturated heterocycles. The first-order valence-corrected chi connectivity index (χ1v) is 5.29. The van der Waals surface area contributed by atoms with Crippen LogP contribution in [0.25, 0.3) is 11.1 Å². The van der Waals surface area contributed by atoms with E-state index in [2.05, 4.69) is 0 Å². The van der Waals surface area contributed by atoms with Gasteiger partial charge in [0, 0.05) is 6.07 Å². The summed E-state index contributed by atoms with van der Waals surface area (Å²) in [5.74, 6) is -0.981. The van der Waals surface area contributed by atoms with Crippen LogP contribution in [0.15, 0.2) is 36.4 Å². The number of hydrogen-bond donors (Lipinski definition) is 1. The van der Waals surface area contributed by atoms with E-state index in [9.17, 15) is 19.6 Å². The Labute approximate surface area is 106 Å². The first kappa shape index (κ1) is 12.3. The number of phenols is 1. The lowest BCUT2D eigenvalue weighted by atomic mass is 10.0. The summed E-state index contributed by atoms with van der Waals surface area (Å²) in [6.45, 7) is 0. The summed E-state index contributed by atoms with van der Waals surface area (Å²) in [7, 11) is 0. The van der Waals surface area contributed by atoms with E-state index in [4.69, 9.17) is 11.6 Å². The largest absolute Gasteiger partial charge is 0.502 e. The maximum Gasteiger partial charge on any atom is 0.311 e. The van der Waals surface area contributed by atoms with Crippen molar-refractivity contribution in [2.75, 3.05) is 0 Å². The Balaban J connectivity index is 2.54. The Morgan fingerprint density at radius 1 is 1.17 bits per heavy atom. The van der Waals surface area contributed by atoms with Gasteiger partial charge in [-0.3, -0.25) is 10.1 Å². The lowest BCUT2D eigenvalue weighted by Crippen LogP contribution is -1.89. The van der Waals surface area contributed by atoms with E-state index in [1.807, 2.05) is 0 Å². The van der Waals surface area contributed by atoms with Crippen molar-refractivity contribution in [1.82, 2.24) is 0 Å². The molecule has 2 aromatic rings. The van der Waals surface area contributed by atoms with Crippen LogP contribution in [-0.4, -0.2) is 10.0 Å². The molecule has 1 N–H and O–H groups in total. The van der Waals surface area contributed by atoms with Gasteiger partial charge in [0.2, 0.25) is 0 Å². The topological polar surface area (TPSA) is 63.4 Å². The Hall–Kier alpha value is -2.14. The zero-order chi connectivity index (χ0) is 13.3. The molecule has 0 aliphatic heterocycles. The third-order valence-corrected chi connectivity index (χ3v) is 2.71. The predicted molar refractivity (Wildman–Crippen MR) is 65.2 cm³/mol. The molecule has 0 amide bonds. The van der Waals surface area contributed by atoms with Gasteiger partial charge in [-0.2, -0.15) is 0 Å². The van der Waals surface area contributed by atoms with Crippen LogP contribution in [0.2, 0.25) is 5.02 Å². The molecule has 0 heterocycles. The Kier molecular flexibility index (Phi) is 3.16. The van der Waals surface area contributed by atoms with E-state index >= 15 is 0 Å². The molecule has 0 bridgehead atoms. The number of aromatic hydroxyl groups is 1. The number of halogens is 2. The molecule has 0 saturated carbocycles. The maximum absolute atomic E-state index is 13.0. The standard InChI is InChI=1S/C12H7ClFNO3/c13-9-5-7(1-3-10(9)14)8-2-4-12(16)11(6-8)15(17)18/h1-6,16H. The number of rotatable bonds is 2. The van der Waals surface area contributed by atoms with Gasteiger partial charge >= 0.3 is 5.69 Å². The van der Waals surface area contributed by atoms with E-state index in [1.165, 1.54) is 36.4 Å². The van der Waals surface area contributed by atoms with Gasteiger partial charge in [-0.25, -0.2) is 4.39 Å². The molecule has 0 fully saturated rings. The molecule has 92 valence electrons. The second kappa shape index (κ2) is 4.62. The molecule has 6 heteroatoms.